The SMILES string of the molecule is O=C(NCCN1CCN(c2ccc(F)cc2)CC1)c1cc([N+](=O)[O-])ccc1N1CCOCC1. The minimum absolute atomic E-state index is 0.103. The number of nitro benzene ring substituents is 1. The maximum Gasteiger partial charge on any atom is 0.270 e. The topological polar surface area (TPSA) is 91.2 Å². The van der Waals surface area contributed by atoms with Crippen LogP contribution >= 0.6 is 0 Å². The number of rotatable bonds is 7. The van der Waals surface area contributed by atoms with Gasteiger partial charge < -0.3 is 19.9 Å². The number of amides is 1. The normalized spacial score (nSPS) is 17.1. The number of hydrogen-bond donors (Lipinski definition) is 1. The number of anilines is 2. The molecule has 0 bridgehead atoms. The Bertz CT molecular complexity index is 973. The van der Waals surface area contributed by atoms with Gasteiger partial charge in [-0.3, -0.25) is 19.8 Å². The van der Waals surface area contributed by atoms with Crippen molar-refractivity contribution in [3.05, 3.63) is 64.0 Å². The summed E-state index contributed by atoms with van der Waals surface area (Å²) in [6, 6.07) is 10.9. The molecule has 1 N–H and O–H groups in total. The van der Waals surface area contributed by atoms with Crippen LogP contribution < -0.4 is 15.1 Å². The summed E-state index contributed by atoms with van der Waals surface area (Å²) >= 11 is 0. The van der Waals surface area contributed by atoms with E-state index >= 15 is 0 Å². The number of hydrogen-bond acceptors (Lipinski definition) is 7. The van der Waals surface area contributed by atoms with E-state index < -0.39 is 4.92 Å². The molecule has 0 saturated carbocycles. The second kappa shape index (κ2) is 10.6. The second-order valence-electron chi connectivity index (χ2n) is 8.12. The first kappa shape index (κ1) is 22.9. The van der Waals surface area contributed by atoms with Gasteiger partial charge in [-0.05, 0) is 30.3 Å². The molecule has 9 nitrogen and oxygen atoms in total. The summed E-state index contributed by atoms with van der Waals surface area (Å²) in [7, 11) is 0. The van der Waals surface area contributed by atoms with Gasteiger partial charge in [0.05, 0.1) is 29.4 Å². The van der Waals surface area contributed by atoms with Gasteiger partial charge in [0.1, 0.15) is 5.82 Å². The average Bonchev–Trinajstić information content (AvgIpc) is 2.85. The molecular formula is C23H28FN5O4. The van der Waals surface area contributed by atoms with Gasteiger partial charge in [0.15, 0.2) is 0 Å². The van der Waals surface area contributed by atoms with E-state index in [9.17, 15) is 19.3 Å². The summed E-state index contributed by atoms with van der Waals surface area (Å²) in [6.07, 6.45) is 0. The highest BCUT2D eigenvalue weighted by Crippen LogP contribution is 2.26. The second-order valence-corrected chi connectivity index (χ2v) is 8.12. The number of non-ortho nitro benzene ring substituents is 1. The van der Waals surface area contributed by atoms with E-state index in [1.165, 1.54) is 24.3 Å². The van der Waals surface area contributed by atoms with Crippen LogP contribution in [-0.2, 0) is 4.74 Å². The van der Waals surface area contributed by atoms with Crippen molar-refractivity contribution < 1.29 is 18.8 Å². The monoisotopic (exact) mass is 457 g/mol. The molecule has 0 spiro atoms. The molecule has 4 rings (SSSR count). The Morgan fingerprint density at radius 1 is 1.00 bits per heavy atom. The highest BCUT2D eigenvalue weighted by molar-refractivity contribution is 6.00. The first-order valence-corrected chi connectivity index (χ1v) is 11.1. The van der Waals surface area contributed by atoms with E-state index in [1.54, 1.807) is 18.2 Å². The highest BCUT2D eigenvalue weighted by atomic mass is 19.1. The highest BCUT2D eigenvalue weighted by Gasteiger charge is 2.22. The number of carbonyl (C=O) groups is 1. The van der Waals surface area contributed by atoms with Gasteiger partial charge in [0.25, 0.3) is 11.6 Å². The summed E-state index contributed by atoms with van der Waals surface area (Å²) in [6.45, 7) is 6.84. The third kappa shape index (κ3) is 5.77. The van der Waals surface area contributed by atoms with Crippen LogP contribution in [0.25, 0.3) is 0 Å². The quantitative estimate of drug-likeness (QED) is 0.503. The summed E-state index contributed by atoms with van der Waals surface area (Å²) in [4.78, 5) is 30.2. The lowest BCUT2D eigenvalue weighted by atomic mass is 10.1. The maximum atomic E-state index is 13.1. The molecule has 1 amide bonds. The molecule has 2 fully saturated rings. The maximum absolute atomic E-state index is 13.1. The number of ether oxygens (including phenoxy) is 1. The Morgan fingerprint density at radius 3 is 2.36 bits per heavy atom. The Labute approximate surface area is 191 Å². The molecule has 0 unspecified atom stereocenters. The molecule has 33 heavy (non-hydrogen) atoms. The zero-order valence-electron chi connectivity index (χ0n) is 18.4. The van der Waals surface area contributed by atoms with Crippen molar-refractivity contribution in [1.82, 2.24) is 10.2 Å². The van der Waals surface area contributed by atoms with Crippen molar-refractivity contribution in [3.63, 3.8) is 0 Å². The molecule has 2 aromatic carbocycles. The van der Waals surface area contributed by atoms with Gasteiger partial charge >= 0.3 is 0 Å². The zero-order valence-corrected chi connectivity index (χ0v) is 18.4. The zero-order chi connectivity index (χ0) is 23.2. The fourth-order valence-corrected chi connectivity index (χ4v) is 4.20. The number of benzene rings is 2. The van der Waals surface area contributed by atoms with Crippen LogP contribution in [0.1, 0.15) is 10.4 Å². The number of carbonyl (C=O) groups excluding carboxylic acids is 1. The summed E-state index contributed by atoms with van der Waals surface area (Å²) < 4.78 is 18.5. The Kier molecular flexibility index (Phi) is 7.36. The first-order valence-electron chi connectivity index (χ1n) is 11.1. The van der Waals surface area contributed by atoms with E-state index in [2.05, 4.69) is 15.1 Å². The number of morpholine rings is 1. The smallest absolute Gasteiger partial charge is 0.270 e. The molecule has 176 valence electrons. The van der Waals surface area contributed by atoms with Gasteiger partial charge in [-0.1, -0.05) is 0 Å². The molecular weight excluding hydrogens is 429 g/mol. The molecule has 2 aliphatic heterocycles. The van der Waals surface area contributed by atoms with Crippen molar-refractivity contribution in [2.75, 3.05) is 75.4 Å². The third-order valence-corrected chi connectivity index (χ3v) is 6.07. The van der Waals surface area contributed by atoms with Crippen LogP contribution in [-0.4, -0.2) is 81.3 Å². The van der Waals surface area contributed by atoms with Crippen molar-refractivity contribution in [3.8, 4) is 0 Å². The molecule has 0 aliphatic carbocycles. The van der Waals surface area contributed by atoms with Crippen LogP contribution in [0.2, 0.25) is 0 Å². The van der Waals surface area contributed by atoms with Crippen LogP contribution in [0.5, 0.6) is 0 Å². The molecule has 10 heteroatoms. The minimum Gasteiger partial charge on any atom is -0.378 e. The Hall–Kier alpha value is -3.24. The van der Waals surface area contributed by atoms with Gasteiger partial charge in [-0.15, -0.1) is 0 Å². The standard InChI is InChI=1S/C23H28FN5O4/c24-18-1-3-19(4-2-18)27-11-9-26(10-12-27)8-7-25-23(30)21-17-20(29(31)32)5-6-22(21)28-13-15-33-16-14-28/h1-6,17H,7-16H2,(H,25,30). The van der Waals surface area contributed by atoms with Crippen LogP contribution in [0.3, 0.4) is 0 Å². The predicted octanol–water partition coefficient (Wildman–Crippen LogP) is 2.12. The predicted molar refractivity (Wildman–Crippen MR) is 124 cm³/mol. The summed E-state index contributed by atoms with van der Waals surface area (Å²) in [5, 5.41) is 14.2. The fraction of sp³-hybridized carbons (Fsp3) is 0.435. The molecule has 2 heterocycles. The van der Waals surface area contributed by atoms with Crippen molar-refractivity contribution in [1.29, 1.82) is 0 Å². The lowest BCUT2D eigenvalue weighted by molar-refractivity contribution is -0.384. The van der Waals surface area contributed by atoms with Crippen LogP contribution in [0, 0.1) is 15.9 Å². The lowest BCUT2D eigenvalue weighted by Gasteiger charge is -2.36. The molecule has 2 saturated heterocycles. The van der Waals surface area contributed by atoms with Crippen molar-refractivity contribution >= 4 is 23.0 Å². The van der Waals surface area contributed by atoms with E-state index in [1.807, 2.05) is 4.90 Å². The number of nitrogens with zero attached hydrogens (tertiary/aromatic N) is 4. The molecule has 0 radical (unpaired) electrons. The molecule has 0 aromatic heterocycles. The third-order valence-electron chi connectivity index (χ3n) is 6.07. The van der Waals surface area contributed by atoms with Crippen molar-refractivity contribution in [2.45, 2.75) is 0 Å². The lowest BCUT2D eigenvalue weighted by Crippen LogP contribution is -2.48. The minimum atomic E-state index is -0.486. The van der Waals surface area contributed by atoms with Gasteiger partial charge in [0.2, 0.25) is 0 Å². The van der Waals surface area contributed by atoms with E-state index in [-0.39, 0.29) is 17.4 Å². The largest absolute Gasteiger partial charge is 0.378 e. The Balaban J connectivity index is 1.32. The van der Waals surface area contributed by atoms with Crippen LogP contribution in [0.4, 0.5) is 21.5 Å². The van der Waals surface area contributed by atoms with Gasteiger partial charge in [-0.25, -0.2) is 4.39 Å². The molecule has 0 atom stereocenters. The number of nitro groups is 1. The summed E-state index contributed by atoms with van der Waals surface area (Å²) in [5.41, 5.74) is 1.90. The number of halogens is 1. The molecule has 2 aromatic rings. The summed E-state index contributed by atoms with van der Waals surface area (Å²) in [5.74, 6) is -0.557. The Morgan fingerprint density at radius 2 is 1.70 bits per heavy atom. The van der Waals surface area contributed by atoms with Gasteiger partial charge in [-0.2, -0.15) is 0 Å². The van der Waals surface area contributed by atoms with Crippen LogP contribution in [0.15, 0.2) is 42.5 Å². The first-order chi connectivity index (χ1) is 16.0. The van der Waals surface area contributed by atoms with E-state index in [0.717, 1.165) is 31.9 Å². The fourth-order valence-electron chi connectivity index (χ4n) is 4.20. The van der Waals surface area contributed by atoms with E-state index in [0.29, 0.717) is 50.6 Å². The van der Waals surface area contributed by atoms with Crippen molar-refractivity contribution in [2.24, 2.45) is 0 Å². The number of piperazine rings is 1. The average molecular weight is 458 g/mol. The molecule has 2 aliphatic rings. The van der Waals surface area contributed by atoms with E-state index in [4.69, 9.17) is 4.74 Å². The van der Waals surface area contributed by atoms with Gasteiger partial charge in [0, 0.05) is 70.2 Å². The number of nitrogens with one attached hydrogen (secondary N) is 1.